The number of hydrogen-bond acceptors (Lipinski definition) is 0. The fourth-order valence-corrected chi connectivity index (χ4v) is 0.342. The molecular formula is C11H16Ca. The summed E-state index contributed by atoms with van der Waals surface area (Å²) >= 11 is 0. The molecule has 12 heavy (non-hydrogen) atoms. The largest absolute Gasteiger partial charge is 2.00 e. The van der Waals surface area contributed by atoms with Crippen LogP contribution in [0.2, 0.25) is 0 Å². The van der Waals surface area contributed by atoms with E-state index in [1.807, 2.05) is 30.3 Å². The first-order valence-corrected chi connectivity index (χ1v) is 4.01. The first-order valence-electron chi connectivity index (χ1n) is 4.01. The molecule has 1 aromatic carbocycles. The van der Waals surface area contributed by atoms with E-state index in [4.69, 9.17) is 0 Å². The average molecular weight is 188 g/mol. The van der Waals surface area contributed by atoms with Crippen LogP contribution in [0.4, 0.5) is 0 Å². The fraction of sp³-hybridized carbons (Fsp3) is 0.364. The van der Waals surface area contributed by atoms with Gasteiger partial charge in [-0.25, -0.2) is 0 Å². The van der Waals surface area contributed by atoms with Crippen molar-refractivity contribution >= 4 is 37.7 Å². The van der Waals surface area contributed by atoms with E-state index in [2.05, 4.69) is 26.8 Å². The molecule has 0 saturated carbocycles. The Hall–Kier alpha value is 0.480. The van der Waals surface area contributed by atoms with Gasteiger partial charge in [-0.05, 0) is 0 Å². The standard InChI is InChI=1S/C6H5.C5H11.Ca/c1-2-4-6-5-3-1;1-4-5(2)3;/h1-5H;5H,2,4H2,1,3H3;/q2*-1;+2. The maximum absolute atomic E-state index is 3.76. The van der Waals surface area contributed by atoms with Crippen molar-refractivity contribution in [2.75, 3.05) is 0 Å². The molecule has 0 nitrogen and oxygen atoms in total. The number of hydrogen-bond donors (Lipinski definition) is 0. The monoisotopic (exact) mass is 188 g/mol. The van der Waals surface area contributed by atoms with Crippen molar-refractivity contribution in [2.45, 2.75) is 20.3 Å². The van der Waals surface area contributed by atoms with Gasteiger partial charge in [0.15, 0.2) is 0 Å². The van der Waals surface area contributed by atoms with Crippen molar-refractivity contribution in [2.24, 2.45) is 5.92 Å². The van der Waals surface area contributed by atoms with E-state index >= 15 is 0 Å². The van der Waals surface area contributed by atoms with E-state index in [0.717, 1.165) is 0 Å². The van der Waals surface area contributed by atoms with Crippen LogP contribution in [0.25, 0.3) is 0 Å². The van der Waals surface area contributed by atoms with Crippen LogP contribution in [0.15, 0.2) is 30.3 Å². The van der Waals surface area contributed by atoms with E-state index in [1.54, 1.807) is 0 Å². The second-order valence-electron chi connectivity index (χ2n) is 2.59. The van der Waals surface area contributed by atoms with Crippen LogP contribution >= 0.6 is 0 Å². The maximum atomic E-state index is 3.76. The minimum Gasteiger partial charge on any atom is -0.341 e. The Bertz CT molecular complexity index is 120. The molecule has 0 aliphatic rings. The molecule has 0 bridgehead atoms. The molecule has 0 aliphatic heterocycles. The second kappa shape index (κ2) is 11.5. The Morgan fingerprint density at radius 3 is 1.75 bits per heavy atom. The molecular weight excluding hydrogens is 172 g/mol. The molecule has 0 aromatic heterocycles. The normalized spacial score (nSPS) is 10.2. The molecule has 0 spiro atoms. The zero-order chi connectivity index (χ0) is 8.53. The van der Waals surface area contributed by atoms with Gasteiger partial charge in [-0.15, -0.1) is 0 Å². The summed E-state index contributed by atoms with van der Waals surface area (Å²) in [5, 5.41) is 0. The van der Waals surface area contributed by atoms with Gasteiger partial charge in [0.1, 0.15) is 0 Å². The molecule has 1 atom stereocenters. The molecule has 0 radical (unpaired) electrons. The molecule has 0 N–H and O–H groups in total. The van der Waals surface area contributed by atoms with E-state index in [1.165, 1.54) is 6.42 Å². The van der Waals surface area contributed by atoms with Gasteiger partial charge in [0.2, 0.25) is 0 Å². The van der Waals surface area contributed by atoms with Crippen molar-refractivity contribution in [3.8, 4) is 0 Å². The topological polar surface area (TPSA) is 0 Å². The molecule has 1 rings (SSSR count). The van der Waals surface area contributed by atoms with Crippen molar-refractivity contribution < 1.29 is 0 Å². The van der Waals surface area contributed by atoms with Gasteiger partial charge in [-0.2, -0.15) is 42.3 Å². The van der Waals surface area contributed by atoms with Gasteiger partial charge in [0.05, 0.1) is 0 Å². The Morgan fingerprint density at radius 2 is 1.67 bits per heavy atom. The van der Waals surface area contributed by atoms with Crippen molar-refractivity contribution in [3.63, 3.8) is 0 Å². The minimum atomic E-state index is 0. The summed E-state index contributed by atoms with van der Waals surface area (Å²) in [7, 11) is 0. The third kappa shape index (κ3) is 13.1. The zero-order valence-corrected chi connectivity index (χ0v) is 10.3. The van der Waals surface area contributed by atoms with E-state index in [-0.39, 0.29) is 37.7 Å². The minimum absolute atomic E-state index is 0. The summed E-state index contributed by atoms with van der Waals surface area (Å²) in [5.74, 6) is 0.634. The maximum Gasteiger partial charge on any atom is 2.00 e. The smallest absolute Gasteiger partial charge is 0.341 e. The summed E-state index contributed by atoms with van der Waals surface area (Å²) in [6, 6.07) is 12.5. The average Bonchev–Trinajstić information content (AvgIpc) is 2.09. The van der Waals surface area contributed by atoms with Gasteiger partial charge < -0.3 is 6.92 Å². The predicted octanol–water partition coefficient (Wildman–Crippen LogP) is 2.97. The van der Waals surface area contributed by atoms with Crippen LogP contribution in [0.3, 0.4) is 0 Å². The summed E-state index contributed by atoms with van der Waals surface area (Å²) in [5.41, 5.74) is 0. The van der Waals surface area contributed by atoms with Crippen molar-refractivity contribution in [3.05, 3.63) is 43.3 Å². The second-order valence-corrected chi connectivity index (χ2v) is 2.59. The Labute approximate surface area is 106 Å². The Balaban J connectivity index is 0. The molecule has 0 aliphatic carbocycles. The molecule has 0 saturated heterocycles. The third-order valence-corrected chi connectivity index (χ3v) is 1.30. The van der Waals surface area contributed by atoms with Crippen LogP contribution < -0.4 is 0 Å². The Morgan fingerprint density at radius 1 is 1.25 bits per heavy atom. The summed E-state index contributed by atoms with van der Waals surface area (Å²) in [6.07, 6.45) is 1.19. The Kier molecular flexibility index (Phi) is 14.3. The molecule has 1 aromatic rings. The first-order chi connectivity index (χ1) is 5.27. The van der Waals surface area contributed by atoms with Gasteiger partial charge in [0, 0.05) is 0 Å². The van der Waals surface area contributed by atoms with Crippen molar-refractivity contribution in [1.82, 2.24) is 0 Å². The predicted molar refractivity (Wildman–Crippen MR) is 55.8 cm³/mol. The van der Waals surface area contributed by atoms with Gasteiger partial charge in [0.25, 0.3) is 0 Å². The third-order valence-electron chi connectivity index (χ3n) is 1.30. The van der Waals surface area contributed by atoms with Crippen LogP contribution in [0.5, 0.6) is 0 Å². The molecule has 1 heteroatoms. The zero-order valence-electron chi connectivity index (χ0n) is 8.09. The van der Waals surface area contributed by atoms with Gasteiger partial charge >= 0.3 is 37.7 Å². The van der Waals surface area contributed by atoms with Crippen LogP contribution in [0, 0.1) is 18.9 Å². The van der Waals surface area contributed by atoms with Crippen molar-refractivity contribution in [1.29, 1.82) is 0 Å². The summed E-state index contributed by atoms with van der Waals surface area (Å²) in [6.45, 7) is 8.00. The van der Waals surface area contributed by atoms with Gasteiger partial charge in [-0.3, -0.25) is 0 Å². The van der Waals surface area contributed by atoms with E-state index < -0.39 is 0 Å². The molecule has 1 unspecified atom stereocenters. The number of benzene rings is 1. The van der Waals surface area contributed by atoms with Crippen LogP contribution in [0.1, 0.15) is 20.3 Å². The van der Waals surface area contributed by atoms with Crippen LogP contribution in [-0.4, -0.2) is 37.7 Å². The first kappa shape index (κ1) is 15.0. The quantitative estimate of drug-likeness (QED) is 0.469. The fourth-order valence-electron chi connectivity index (χ4n) is 0.342. The van der Waals surface area contributed by atoms with E-state index in [9.17, 15) is 0 Å². The summed E-state index contributed by atoms with van der Waals surface area (Å²) in [4.78, 5) is 0. The molecule has 0 amide bonds. The SMILES string of the molecule is [CH2-]C(C)CC.[Ca+2].[c-]1ccccc1. The van der Waals surface area contributed by atoms with Gasteiger partial charge in [-0.1, -0.05) is 20.3 Å². The molecule has 0 fully saturated rings. The van der Waals surface area contributed by atoms with E-state index in [0.29, 0.717) is 5.92 Å². The summed E-state index contributed by atoms with van der Waals surface area (Å²) < 4.78 is 0. The molecule has 62 valence electrons. The van der Waals surface area contributed by atoms with Crippen LogP contribution in [-0.2, 0) is 0 Å². The number of rotatable bonds is 1. The molecule has 0 heterocycles.